The summed E-state index contributed by atoms with van der Waals surface area (Å²) in [4.78, 5) is 11.9. The van der Waals surface area contributed by atoms with Crippen molar-refractivity contribution in [3.63, 3.8) is 0 Å². The third kappa shape index (κ3) is 3.62. The van der Waals surface area contributed by atoms with Crippen molar-refractivity contribution in [1.82, 2.24) is 25.5 Å². The van der Waals surface area contributed by atoms with Crippen LogP contribution in [0.5, 0.6) is 0 Å². The molecular formula is C15H18ClN5O. The van der Waals surface area contributed by atoms with Crippen molar-refractivity contribution >= 4 is 17.5 Å². The molecule has 1 saturated carbocycles. The van der Waals surface area contributed by atoms with Crippen LogP contribution in [0.3, 0.4) is 0 Å². The Bertz CT molecular complexity index is 622. The zero-order chi connectivity index (χ0) is 15.4. The number of hydrogen-bond donors (Lipinski definition) is 1. The monoisotopic (exact) mass is 319 g/mol. The van der Waals surface area contributed by atoms with Crippen molar-refractivity contribution in [3.8, 4) is 0 Å². The number of nitrogens with zero attached hydrogens (tertiary/aromatic N) is 4. The first-order valence-corrected chi connectivity index (χ1v) is 7.79. The Kier molecular flexibility index (Phi) is 4.38. The molecule has 7 heteroatoms. The fraction of sp³-hybridized carbons (Fsp3) is 0.467. The van der Waals surface area contributed by atoms with Crippen LogP contribution in [0.15, 0.2) is 30.6 Å². The SMILES string of the molecule is O=C(CCCn1cnnn1)NCC1(c2ccc(Cl)cc2)CC1. The van der Waals surface area contributed by atoms with Crippen LogP contribution in [0.1, 0.15) is 31.2 Å². The lowest BCUT2D eigenvalue weighted by atomic mass is 9.96. The maximum absolute atomic E-state index is 11.9. The molecule has 1 aromatic carbocycles. The molecule has 0 radical (unpaired) electrons. The fourth-order valence-electron chi connectivity index (χ4n) is 2.56. The Labute approximate surface area is 133 Å². The van der Waals surface area contributed by atoms with Gasteiger partial charge >= 0.3 is 0 Å². The predicted octanol–water partition coefficient (Wildman–Crippen LogP) is 1.95. The standard InChI is InChI=1S/C15H18ClN5O/c16-13-5-3-12(4-6-13)15(7-8-15)10-17-14(22)2-1-9-21-11-18-19-20-21/h3-6,11H,1-2,7-10H2,(H,17,22). The molecule has 1 N–H and O–H groups in total. The summed E-state index contributed by atoms with van der Waals surface area (Å²) in [5.74, 6) is 0.0771. The van der Waals surface area contributed by atoms with Crippen LogP contribution in [0, 0.1) is 0 Å². The first-order valence-electron chi connectivity index (χ1n) is 7.41. The highest BCUT2D eigenvalue weighted by atomic mass is 35.5. The molecule has 22 heavy (non-hydrogen) atoms. The van der Waals surface area contributed by atoms with E-state index in [-0.39, 0.29) is 11.3 Å². The van der Waals surface area contributed by atoms with Crippen molar-refractivity contribution in [1.29, 1.82) is 0 Å². The normalized spacial score (nSPS) is 15.5. The number of carbonyl (C=O) groups excluding carboxylic acids is 1. The Morgan fingerprint density at radius 1 is 1.32 bits per heavy atom. The van der Waals surface area contributed by atoms with Gasteiger partial charge in [-0.3, -0.25) is 4.79 Å². The van der Waals surface area contributed by atoms with Gasteiger partial charge in [-0.15, -0.1) is 5.10 Å². The molecule has 1 amide bonds. The zero-order valence-corrected chi connectivity index (χ0v) is 13.0. The summed E-state index contributed by atoms with van der Waals surface area (Å²) >= 11 is 5.92. The Morgan fingerprint density at radius 2 is 2.09 bits per heavy atom. The van der Waals surface area contributed by atoms with E-state index in [1.54, 1.807) is 11.0 Å². The molecule has 1 heterocycles. The first kappa shape index (κ1) is 15.0. The van der Waals surface area contributed by atoms with E-state index in [1.807, 2.05) is 12.1 Å². The second-order valence-corrected chi connectivity index (χ2v) is 6.18. The Balaban J connectivity index is 1.43. The third-order valence-electron chi connectivity index (χ3n) is 4.12. The van der Waals surface area contributed by atoms with Crippen molar-refractivity contribution in [3.05, 3.63) is 41.2 Å². The number of aromatic nitrogens is 4. The van der Waals surface area contributed by atoms with E-state index < -0.39 is 0 Å². The second kappa shape index (κ2) is 6.44. The maximum atomic E-state index is 11.9. The van der Waals surface area contributed by atoms with E-state index in [0.717, 1.165) is 24.3 Å². The topological polar surface area (TPSA) is 72.7 Å². The number of amides is 1. The molecule has 1 aromatic heterocycles. The number of benzene rings is 1. The second-order valence-electron chi connectivity index (χ2n) is 5.74. The average molecular weight is 320 g/mol. The predicted molar refractivity (Wildman–Crippen MR) is 82.4 cm³/mol. The highest BCUT2D eigenvalue weighted by molar-refractivity contribution is 6.30. The van der Waals surface area contributed by atoms with Crippen LogP contribution in [-0.4, -0.2) is 32.7 Å². The van der Waals surface area contributed by atoms with Gasteiger partial charge in [-0.25, -0.2) is 4.68 Å². The molecule has 1 aliphatic rings. The van der Waals surface area contributed by atoms with E-state index in [9.17, 15) is 4.79 Å². The highest BCUT2D eigenvalue weighted by Gasteiger charge is 2.44. The quantitative estimate of drug-likeness (QED) is 0.846. The summed E-state index contributed by atoms with van der Waals surface area (Å²) in [6.07, 6.45) is 4.98. The smallest absolute Gasteiger partial charge is 0.220 e. The molecular weight excluding hydrogens is 302 g/mol. The number of tetrazole rings is 1. The maximum Gasteiger partial charge on any atom is 0.220 e. The van der Waals surface area contributed by atoms with Crippen LogP contribution in [0.2, 0.25) is 5.02 Å². The Hall–Kier alpha value is -1.95. The van der Waals surface area contributed by atoms with Crippen LogP contribution in [0.4, 0.5) is 0 Å². The zero-order valence-electron chi connectivity index (χ0n) is 12.2. The molecule has 3 rings (SSSR count). The molecule has 0 atom stereocenters. The summed E-state index contributed by atoms with van der Waals surface area (Å²) in [6, 6.07) is 7.92. The molecule has 0 spiro atoms. The lowest BCUT2D eigenvalue weighted by Gasteiger charge is -2.16. The van der Waals surface area contributed by atoms with Crippen molar-refractivity contribution in [2.75, 3.05) is 6.54 Å². The van der Waals surface area contributed by atoms with Crippen LogP contribution in [-0.2, 0) is 16.8 Å². The average Bonchev–Trinajstić information content (AvgIpc) is 3.13. The molecule has 2 aromatic rings. The molecule has 0 aliphatic heterocycles. The molecule has 116 valence electrons. The molecule has 1 aliphatic carbocycles. The molecule has 6 nitrogen and oxygen atoms in total. The van der Waals surface area contributed by atoms with Gasteiger partial charge in [0.25, 0.3) is 0 Å². The minimum absolute atomic E-state index is 0.0771. The summed E-state index contributed by atoms with van der Waals surface area (Å²) in [7, 11) is 0. The molecule has 0 saturated heterocycles. The number of carbonyl (C=O) groups is 1. The van der Waals surface area contributed by atoms with Crippen molar-refractivity contribution in [2.24, 2.45) is 0 Å². The van der Waals surface area contributed by atoms with E-state index in [2.05, 4.69) is 33.0 Å². The van der Waals surface area contributed by atoms with Gasteiger partial charge in [0, 0.05) is 29.9 Å². The first-order chi connectivity index (χ1) is 10.7. The summed E-state index contributed by atoms with van der Waals surface area (Å²) < 4.78 is 1.63. The number of aryl methyl sites for hydroxylation is 1. The molecule has 1 fully saturated rings. The lowest BCUT2D eigenvalue weighted by Crippen LogP contribution is -2.32. The van der Waals surface area contributed by atoms with Gasteiger partial charge in [-0.1, -0.05) is 23.7 Å². The largest absolute Gasteiger partial charge is 0.355 e. The van der Waals surface area contributed by atoms with E-state index in [4.69, 9.17) is 11.6 Å². The van der Waals surface area contributed by atoms with Crippen LogP contribution < -0.4 is 5.32 Å². The van der Waals surface area contributed by atoms with Crippen molar-refractivity contribution in [2.45, 2.75) is 37.6 Å². The highest BCUT2D eigenvalue weighted by Crippen LogP contribution is 2.47. The van der Waals surface area contributed by atoms with Crippen LogP contribution >= 0.6 is 11.6 Å². The Morgan fingerprint density at radius 3 is 2.73 bits per heavy atom. The van der Waals surface area contributed by atoms with E-state index in [0.29, 0.717) is 19.5 Å². The minimum Gasteiger partial charge on any atom is -0.355 e. The summed E-state index contributed by atoms with van der Waals surface area (Å²) in [5.41, 5.74) is 1.36. The number of rotatable bonds is 7. The van der Waals surface area contributed by atoms with Crippen molar-refractivity contribution < 1.29 is 4.79 Å². The molecule has 0 unspecified atom stereocenters. The fourth-order valence-corrected chi connectivity index (χ4v) is 2.69. The minimum atomic E-state index is 0.0771. The van der Waals surface area contributed by atoms with Gasteiger partial charge in [0.15, 0.2) is 0 Å². The summed E-state index contributed by atoms with van der Waals surface area (Å²) in [6.45, 7) is 1.35. The van der Waals surface area contributed by atoms with Gasteiger partial charge in [0.05, 0.1) is 0 Å². The van der Waals surface area contributed by atoms with Gasteiger partial charge in [-0.2, -0.15) is 0 Å². The van der Waals surface area contributed by atoms with E-state index in [1.165, 1.54) is 5.56 Å². The number of halogens is 1. The van der Waals surface area contributed by atoms with Gasteiger partial charge in [-0.05, 0) is 47.4 Å². The summed E-state index contributed by atoms with van der Waals surface area (Å²) in [5, 5.41) is 14.7. The lowest BCUT2D eigenvalue weighted by molar-refractivity contribution is -0.121. The van der Waals surface area contributed by atoms with Crippen LogP contribution in [0.25, 0.3) is 0 Å². The number of hydrogen-bond acceptors (Lipinski definition) is 4. The molecule has 0 bridgehead atoms. The van der Waals surface area contributed by atoms with Gasteiger partial charge < -0.3 is 5.32 Å². The van der Waals surface area contributed by atoms with Gasteiger partial charge in [0.2, 0.25) is 5.91 Å². The number of nitrogens with one attached hydrogen (secondary N) is 1. The third-order valence-corrected chi connectivity index (χ3v) is 4.37. The van der Waals surface area contributed by atoms with E-state index >= 15 is 0 Å². The van der Waals surface area contributed by atoms with Gasteiger partial charge in [0.1, 0.15) is 6.33 Å².